The van der Waals surface area contributed by atoms with Gasteiger partial charge in [0.25, 0.3) is 0 Å². The van der Waals surface area contributed by atoms with E-state index in [4.69, 9.17) is 9.97 Å². The predicted octanol–water partition coefficient (Wildman–Crippen LogP) is 8.72. The summed E-state index contributed by atoms with van der Waals surface area (Å²) < 4.78 is 2.45. The number of para-hydroxylation sites is 1. The van der Waals surface area contributed by atoms with Gasteiger partial charge in [-0.05, 0) is 47.9 Å². The number of thiazole rings is 2. The Labute approximate surface area is 200 Å². The lowest BCUT2D eigenvalue weighted by Crippen LogP contribution is -1.79. The molecule has 0 spiro atoms. The molecule has 0 atom stereocenters. The molecule has 0 aliphatic heterocycles. The molecule has 2 nitrogen and oxygen atoms in total. The molecule has 0 saturated heterocycles. The molecule has 0 aliphatic rings. The van der Waals surface area contributed by atoms with Crippen LogP contribution < -0.4 is 0 Å². The minimum absolute atomic E-state index is 1.06. The smallest absolute Gasteiger partial charge is 0.124 e. The first-order chi connectivity index (χ1) is 16.2. The number of aromatic nitrogens is 2. The molecule has 6 rings (SSSR count). The van der Waals surface area contributed by atoms with E-state index >= 15 is 0 Å². The van der Waals surface area contributed by atoms with E-state index in [1.165, 1.54) is 26.1 Å². The van der Waals surface area contributed by atoms with E-state index in [9.17, 15) is 0 Å². The standard InChI is InChI=1S/C29H20N2S2/c1-19-6-17-27-25(18-19)31-29(33-27)23-15-11-21(12-16-23)8-7-20-9-13-22(14-10-20)28-30-24-4-2-3-5-26(24)32-28/h2-18H,1H3. The van der Waals surface area contributed by atoms with Crippen LogP contribution in [-0.4, -0.2) is 9.97 Å². The molecule has 0 fully saturated rings. The van der Waals surface area contributed by atoms with Crippen LogP contribution in [0, 0.1) is 6.92 Å². The SMILES string of the molecule is Cc1ccc2sc(-c3ccc(C=Cc4ccc(-c5nc6ccccc6s5)cc4)cc3)nc2c1. The van der Waals surface area contributed by atoms with Crippen LogP contribution in [0.2, 0.25) is 0 Å². The topological polar surface area (TPSA) is 25.8 Å². The van der Waals surface area contributed by atoms with Crippen molar-refractivity contribution in [2.24, 2.45) is 0 Å². The fourth-order valence-electron chi connectivity index (χ4n) is 3.82. The lowest BCUT2D eigenvalue weighted by Gasteiger charge is -1.99. The molecule has 0 unspecified atom stereocenters. The lowest BCUT2D eigenvalue weighted by atomic mass is 10.1. The molecule has 0 saturated carbocycles. The van der Waals surface area contributed by atoms with Crippen LogP contribution in [0.5, 0.6) is 0 Å². The van der Waals surface area contributed by atoms with Gasteiger partial charge in [-0.2, -0.15) is 0 Å². The molecule has 0 radical (unpaired) electrons. The third kappa shape index (κ3) is 4.11. The molecule has 0 aliphatic carbocycles. The second-order valence-electron chi connectivity index (χ2n) is 8.05. The summed E-state index contributed by atoms with van der Waals surface area (Å²) in [7, 11) is 0. The zero-order chi connectivity index (χ0) is 22.2. The number of fused-ring (bicyclic) bond motifs is 2. The van der Waals surface area contributed by atoms with Crippen LogP contribution >= 0.6 is 22.7 Å². The zero-order valence-corrected chi connectivity index (χ0v) is 19.7. The molecule has 6 aromatic rings. The van der Waals surface area contributed by atoms with E-state index in [-0.39, 0.29) is 0 Å². The van der Waals surface area contributed by atoms with Crippen molar-refractivity contribution in [2.45, 2.75) is 6.92 Å². The van der Waals surface area contributed by atoms with Crippen LogP contribution in [0.15, 0.2) is 91.0 Å². The van der Waals surface area contributed by atoms with Crippen molar-refractivity contribution in [1.29, 1.82) is 0 Å². The molecular formula is C29H20N2S2. The van der Waals surface area contributed by atoms with Gasteiger partial charge in [0.2, 0.25) is 0 Å². The average Bonchev–Trinajstić information content (AvgIpc) is 3.47. The molecule has 158 valence electrons. The van der Waals surface area contributed by atoms with Crippen molar-refractivity contribution in [3.63, 3.8) is 0 Å². The normalized spacial score (nSPS) is 11.7. The van der Waals surface area contributed by atoms with E-state index < -0.39 is 0 Å². The van der Waals surface area contributed by atoms with Gasteiger partial charge in [0.05, 0.1) is 20.4 Å². The minimum Gasteiger partial charge on any atom is -0.236 e. The van der Waals surface area contributed by atoms with Crippen LogP contribution in [0.3, 0.4) is 0 Å². The van der Waals surface area contributed by atoms with E-state index in [1.54, 1.807) is 22.7 Å². The quantitative estimate of drug-likeness (QED) is 0.246. The number of nitrogens with zero attached hydrogens (tertiary/aromatic N) is 2. The molecular weight excluding hydrogens is 440 g/mol. The Morgan fingerprint density at radius 1 is 0.576 bits per heavy atom. The second-order valence-corrected chi connectivity index (χ2v) is 10.1. The van der Waals surface area contributed by atoms with Crippen LogP contribution in [0.4, 0.5) is 0 Å². The number of rotatable bonds is 4. The molecule has 0 amide bonds. The highest BCUT2D eigenvalue weighted by molar-refractivity contribution is 7.22. The second kappa shape index (κ2) is 8.39. The number of hydrogen-bond acceptors (Lipinski definition) is 4. The first-order valence-corrected chi connectivity index (χ1v) is 12.5. The van der Waals surface area contributed by atoms with E-state index in [2.05, 4.69) is 104 Å². The highest BCUT2D eigenvalue weighted by Crippen LogP contribution is 2.32. The van der Waals surface area contributed by atoms with Crippen molar-refractivity contribution in [1.82, 2.24) is 9.97 Å². The summed E-state index contributed by atoms with van der Waals surface area (Å²) in [5, 5.41) is 2.13. The van der Waals surface area contributed by atoms with Crippen molar-refractivity contribution >= 4 is 55.3 Å². The van der Waals surface area contributed by atoms with Gasteiger partial charge < -0.3 is 0 Å². The lowest BCUT2D eigenvalue weighted by molar-refractivity contribution is 1.44. The summed E-state index contributed by atoms with van der Waals surface area (Å²) in [6, 6.07) is 31.9. The first kappa shape index (κ1) is 20.0. The predicted molar refractivity (Wildman–Crippen MR) is 144 cm³/mol. The Bertz CT molecular complexity index is 1570. The minimum atomic E-state index is 1.06. The van der Waals surface area contributed by atoms with E-state index in [0.717, 1.165) is 32.2 Å². The van der Waals surface area contributed by atoms with Gasteiger partial charge >= 0.3 is 0 Å². The number of benzene rings is 4. The van der Waals surface area contributed by atoms with Crippen molar-refractivity contribution < 1.29 is 0 Å². The first-order valence-electron chi connectivity index (χ1n) is 10.8. The summed E-state index contributed by atoms with van der Waals surface area (Å²) in [6.07, 6.45) is 4.30. The fraction of sp³-hybridized carbons (Fsp3) is 0.0345. The van der Waals surface area contributed by atoms with Gasteiger partial charge in [0, 0.05) is 11.1 Å². The molecule has 4 heteroatoms. The molecule has 2 aromatic heterocycles. The molecule has 0 N–H and O–H groups in total. The van der Waals surface area contributed by atoms with Gasteiger partial charge in [0.15, 0.2) is 0 Å². The Kier molecular flexibility index (Phi) is 5.10. The highest BCUT2D eigenvalue weighted by atomic mass is 32.1. The Morgan fingerprint density at radius 2 is 1.12 bits per heavy atom. The van der Waals surface area contributed by atoms with Gasteiger partial charge in [-0.1, -0.05) is 78.9 Å². The maximum atomic E-state index is 4.81. The fourth-order valence-corrected chi connectivity index (χ4v) is 5.75. The molecule has 0 bridgehead atoms. The molecule has 33 heavy (non-hydrogen) atoms. The highest BCUT2D eigenvalue weighted by Gasteiger charge is 2.07. The zero-order valence-electron chi connectivity index (χ0n) is 18.0. The maximum Gasteiger partial charge on any atom is 0.124 e. The molecule has 2 heterocycles. The Balaban J connectivity index is 1.19. The van der Waals surface area contributed by atoms with Crippen molar-refractivity contribution in [2.75, 3.05) is 0 Å². The van der Waals surface area contributed by atoms with Crippen molar-refractivity contribution in [3.8, 4) is 21.1 Å². The van der Waals surface area contributed by atoms with E-state index in [0.29, 0.717) is 0 Å². The van der Waals surface area contributed by atoms with Gasteiger partial charge in [-0.3, -0.25) is 0 Å². The van der Waals surface area contributed by atoms with Crippen LogP contribution in [-0.2, 0) is 0 Å². The van der Waals surface area contributed by atoms with Gasteiger partial charge in [0.1, 0.15) is 10.0 Å². The summed E-state index contributed by atoms with van der Waals surface area (Å²) in [5.41, 5.74) is 8.04. The average molecular weight is 461 g/mol. The summed E-state index contributed by atoms with van der Waals surface area (Å²) >= 11 is 3.48. The summed E-state index contributed by atoms with van der Waals surface area (Å²) in [5.74, 6) is 0. The third-order valence-electron chi connectivity index (χ3n) is 5.62. The summed E-state index contributed by atoms with van der Waals surface area (Å²) in [4.78, 5) is 9.56. The van der Waals surface area contributed by atoms with Crippen LogP contribution in [0.25, 0.3) is 53.7 Å². The largest absolute Gasteiger partial charge is 0.236 e. The van der Waals surface area contributed by atoms with Gasteiger partial charge in [-0.15, -0.1) is 22.7 Å². The monoisotopic (exact) mass is 460 g/mol. The molecule has 4 aromatic carbocycles. The van der Waals surface area contributed by atoms with Crippen molar-refractivity contribution in [3.05, 3.63) is 108 Å². The maximum absolute atomic E-state index is 4.81. The Morgan fingerprint density at radius 3 is 1.73 bits per heavy atom. The number of aryl methyl sites for hydroxylation is 1. The van der Waals surface area contributed by atoms with E-state index in [1.807, 2.05) is 6.07 Å². The third-order valence-corrected chi connectivity index (χ3v) is 7.79. The summed E-state index contributed by atoms with van der Waals surface area (Å²) in [6.45, 7) is 2.11. The van der Waals surface area contributed by atoms with Gasteiger partial charge in [-0.25, -0.2) is 9.97 Å². The Hall–Kier alpha value is -3.60. The van der Waals surface area contributed by atoms with Crippen LogP contribution in [0.1, 0.15) is 16.7 Å². The number of hydrogen-bond donors (Lipinski definition) is 0.